The molecule has 1 N–H and O–H groups in total. The van der Waals surface area contributed by atoms with Crippen LogP contribution in [0.1, 0.15) is 6.92 Å². The molecular weight excluding hydrogens is 315 g/mol. The first-order chi connectivity index (χ1) is 10.9. The zero-order valence-electron chi connectivity index (χ0n) is 12.4. The van der Waals surface area contributed by atoms with Crippen LogP contribution in [0.4, 0.5) is 0 Å². The normalized spacial score (nSPS) is 12.4. The van der Waals surface area contributed by atoms with E-state index in [0.717, 1.165) is 6.92 Å². The maximum atomic E-state index is 13.8. The Morgan fingerprint density at radius 2 is 1.26 bits per heavy atom. The number of hydrogen-bond donors (Lipinski definition) is 1. The number of benzene rings is 2. The molecule has 0 saturated carbocycles. The zero-order chi connectivity index (χ0) is 17.0. The predicted octanol–water partition coefficient (Wildman–Crippen LogP) is 1.61. The van der Waals surface area contributed by atoms with Crippen LogP contribution in [0.25, 0.3) is 0 Å². The molecule has 0 heterocycles. The Labute approximate surface area is 133 Å². The van der Waals surface area contributed by atoms with Gasteiger partial charge in [0, 0.05) is 10.6 Å². The molecule has 1 unspecified atom stereocenters. The van der Waals surface area contributed by atoms with E-state index in [2.05, 4.69) is 0 Å². The topological polar surface area (TPSA) is 88.5 Å². The van der Waals surface area contributed by atoms with Crippen LogP contribution in [0.5, 0.6) is 0 Å². The van der Waals surface area contributed by atoms with Gasteiger partial charge in [-0.3, -0.25) is 9.59 Å². The summed E-state index contributed by atoms with van der Waals surface area (Å²) in [6.45, 7) is 1.09. The Bertz CT molecular complexity index is 740. The van der Waals surface area contributed by atoms with Crippen LogP contribution in [0.2, 0.25) is 0 Å². The van der Waals surface area contributed by atoms with E-state index in [9.17, 15) is 18.9 Å². The van der Waals surface area contributed by atoms with Crippen LogP contribution in [0.15, 0.2) is 60.7 Å². The van der Waals surface area contributed by atoms with Crippen molar-refractivity contribution < 1.29 is 24.1 Å². The molecule has 0 amide bonds. The molecule has 0 bridgehead atoms. The van der Waals surface area contributed by atoms with E-state index in [1.165, 1.54) is 0 Å². The van der Waals surface area contributed by atoms with E-state index in [-0.39, 0.29) is 10.6 Å². The van der Waals surface area contributed by atoms with E-state index >= 15 is 0 Å². The number of Topliss-reactive ketones (excluding diaryl/α,β-unsaturated/α-hetero) is 2. The molecule has 0 spiro atoms. The predicted molar refractivity (Wildman–Crippen MR) is 86.9 cm³/mol. The van der Waals surface area contributed by atoms with E-state index < -0.39 is 30.3 Å². The summed E-state index contributed by atoms with van der Waals surface area (Å²) in [6.07, 6.45) is 0. The number of aliphatic carboxylic acids is 1. The summed E-state index contributed by atoms with van der Waals surface area (Å²) in [7, 11) is -3.78. The van der Waals surface area contributed by atoms with Crippen molar-refractivity contribution in [2.75, 3.05) is 0 Å². The molecule has 23 heavy (non-hydrogen) atoms. The van der Waals surface area contributed by atoms with E-state index in [0.29, 0.717) is 0 Å². The second-order valence-corrected chi connectivity index (χ2v) is 7.88. The van der Waals surface area contributed by atoms with Crippen molar-refractivity contribution in [3.05, 3.63) is 60.7 Å². The molecule has 0 aliphatic carbocycles. The third kappa shape index (κ3) is 3.15. The van der Waals surface area contributed by atoms with Crippen molar-refractivity contribution in [2.24, 2.45) is 0 Å². The number of hydrogen-bond acceptors (Lipinski definition) is 4. The molecule has 0 aliphatic heterocycles. The molecule has 0 aromatic heterocycles. The molecule has 0 saturated heterocycles. The van der Waals surface area contributed by atoms with Crippen molar-refractivity contribution in [1.29, 1.82) is 0 Å². The van der Waals surface area contributed by atoms with Gasteiger partial charge in [-0.2, -0.15) is 0 Å². The summed E-state index contributed by atoms with van der Waals surface area (Å²) >= 11 is 0. The van der Waals surface area contributed by atoms with Crippen LogP contribution >= 0.6 is 7.14 Å². The van der Waals surface area contributed by atoms with Crippen LogP contribution in [0.3, 0.4) is 0 Å². The summed E-state index contributed by atoms with van der Waals surface area (Å²) in [5.74, 6) is -3.85. The molecule has 1 atom stereocenters. The van der Waals surface area contributed by atoms with E-state index in [1.807, 2.05) is 0 Å². The zero-order valence-corrected chi connectivity index (χ0v) is 13.3. The van der Waals surface area contributed by atoms with Gasteiger partial charge in [-0.1, -0.05) is 60.7 Å². The van der Waals surface area contributed by atoms with Crippen LogP contribution < -0.4 is 10.6 Å². The van der Waals surface area contributed by atoms with Crippen molar-refractivity contribution in [3.63, 3.8) is 0 Å². The maximum absolute atomic E-state index is 13.8. The molecule has 0 aliphatic rings. The van der Waals surface area contributed by atoms with E-state index in [1.54, 1.807) is 60.7 Å². The lowest BCUT2D eigenvalue weighted by Crippen LogP contribution is -2.40. The average Bonchev–Trinajstić information content (AvgIpc) is 2.56. The Morgan fingerprint density at radius 3 is 1.57 bits per heavy atom. The van der Waals surface area contributed by atoms with Gasteiger partial charge in [0.2, 0.25) is 0 Å². The fraction of sp³-hybridized carbons (Fsp3) is 0.118. The van der Waals surface area contributed by atoms with Gasteiger partial charge in [0.25, 0.3) is 5.78 Å². The molecule has 6 heteroatoms. The standard InChI is InChI=1S/C17H15O5P/c1-12(18)16(15(19)17(20)21)23(22,13-8-4-2-5-9-13)14-10-6-3-7-11-14/h2-11,16H,1H3,(H,20,21). The second-order valence-electron chi connectivity index (χ2n) is 5.01. The highest BCUT2D eigenvalue weighted by Gasteiger charge is 2.46. The molecule has 0 fully saturated rings. The Morgan fingerprint density at radius 1 is 0.870 bits per heavy atom. The maximum Gasteiger partial charge on any atom is 0.373 e. The first kappa shape index (κ1) is 16.8. The smallest absolute Gasteiger partial charge is 0.373 e. The fourth-order valence-electron chi connectivity index (χ4n) is 2.47. The number of carboxylic acids is 1. The summed E-state index contributed by atoms with van der Waals surface area (Å²) in [5.41, 5.74) is -1.73. The van der Waals surface area contributed by atoms with Crippen molar-refractivity contribution in [3.8, 4) is 0 Å². The molecule has 2 aromatic rings. The van der Waals surface area contributed by atoms with Gasteiger partial charge in [-0.05, 0) is 6.92 Å². The first-order valence-corrected chi connectivity index (χ1v) is 8.65. The summed E-state index contributed by atoms with van der Waals surface area (Å²) in [6, 6.07) is 16.1. The minimum Gasteiger partial charge on any atom is -0.475 e. The molecule has 0 radical (unpaired) electrons. The number of rotatable bonds is 6. The third-order valence-electron chi connectivity index (χ3n) is 3.49. The van der Waals surface area contributed by atoms with Gasteiger partial charge in [0.1, 0.15) is 11.4 Å². The molecule has 5 nitrogen and oxygen atoms in total. The summed E-state index contributed by atoms with van der Waals surface area (Å²) in [4.78, 5) is 35.2. The highest BCUT2D eigenvalue weighted by molar-refractivity contribution is 7.81. The van der Waals surface area contributed by atoms with Crippen molar-refractivity contribution in [1.82, 2.24) is 0 Å². The summed E-state index contributed by atoms with van der Waals surface area (Å²) in [5, 5.41) is 9.59. The Hall–Kier alpha value is -2.52. The highest BCUT2D eigenvalue weighted by atomic mass is 31.2. The van der Waals surface area contributed by atoms with Gasteiger partial charge in [-0.15, -0.1) is 0 Å². The van der Waals surface area contributed by atoms with Gasteiger partial charge in [-0.25, -0.2) is 4.79 Å². The van der Waals surface area contributed by atoms with Crippen LogP contribution in [-0.2, 0) is 18.9 Å². The van der Waals surface area contributed by atoms with Crippen LogP contribution in [-0.4, -0.2) is 28.3 Å². The Balaban J connectivity index is 2.77. The lowest BCUT2D eigenvalue weighted by molar-refractivity contribution is -0.149. The largest absolute Gasteiger partial charge is 0.475 e. The number of ketones is 2. The van der Waals surface area contributed by atoms with Gasteiger partial charge in [0.15, 0.2) is 7.14 Å². The van der Waals surface area contributed by atoms with Crippen LogP contribution in [0, 0.1) is 0 Å². The van der Waals surface area contributed by atoms with Gasteiger partial charge < -0.3 is 9.67 Å². The van der Waals surface area contributed by atoms with Gasteiger partial charge >= 0.3 is 5.97 Å². The lowest BCUT2D eigenvalue weighted by Gasteiger charge is -2.24. The first-order valence-electron chi connectivity index (χ1n) is 6.87. The molecule has 2 rings (SSSR count). The number of carboxylic acid groups (broad SMARTS) is 1. The van der Waals surface area contributed by atoms with Crippen molar-refractivity contribution in [2.45, 2.75) is 12.6 Å². The van der Waals surface area contributed by atoms with Gasteiger partial charge in [0.05, 0.1) is 0 Å². The van der Waals surface area contributed by atoms with Crippen molar-refractivity contribution >= 4 is 35.3 Å². The third-order valence-corrected chi connectivity index (χ3v) is 6.94. The minimum absolute atomic E-state index is 0.279. The average molecular weight is 330 g/mol. The fourth-order valence-corrected chi connectivity index (χ4v) is 5.55. The Kier molecular flexibility index (Phi) is 4.92. The quantitative estimate of drug-likeness (QED) is 0.494. The highest BCUT2D eigenvalue weighted by Crippen LogP contribution is 2.49. The number of carbonyl (C=O) groups excluding carboxylic acids is 2. The lowest BCUT2D eigenvalue weighted by atomic mass is 10.2. The monoisotopic (exact) mass is 330 g/mol. The second kappa shape index (κ2) is 6.71. The minimum atomic E-state index is -3.78. The number of carbonyl (C=O) groups is 3. The molecule has 118 valence electrons. The molecule has 2 aromatic carbocycles. The summed E-state index contributed by atoms with van der Waals surface area (Å²) < 4.78 is 13.8. The van der Waals surface area contributed by atoms with E-state index in [4.69, 9.17) is 5.11 Å². The SMILES string of the molecule is CC(=O)C(C(=O)C(=O)O)P(=O)(c1ccccc1)c1ccccc1. The molecular formula is C17H15O5P.